The summed E-state index contributed by atoms with van der Waals surface area (Å²) in [5.41, 5.74) is 2.76. The Morgan fingerprint density at radius 1 is 1.06 bits per heavy atom. The SMILES string of the molecule is CCOc1ccccc1NS(=O)(=O)c1ccc2c(c1)[C@H]1C=CC[C@H]1[C@@H](c1ccccc1F)N2. The first-order valence-electron chi connectivity index (χ1n) is 11.0. The summed E-state index contributed by atoms with van der Waals surface area (Å²) in [6.07, 6.45) is 5.00. The van der Waals surface area contributed by atoms with Gasteiger partial charge in [0, 0.05) is 17.2 Å². The third-order valence-corrected chi connectivity index (χ3v) is 7.68. The lowest BCUT2D eigenvalue weighted by molar-refractivity contribution is 0.342. The van der Waals surface area contributed by atoms with E-state index in [4.69, 9.17) is 4.74 Å². The second-order valence-electron chi connectivity index (χ2n) is 8.28. The van der Waals surface area contributed by atoms with Gasteiger partial charge in [0.2, 0.25) is 0 Å². The molecule has 2 N–H and O–H groups in total. The van der Waals surface area contributed by atoms with Crippen LogP contribution >= 0.6 is 0 Å². The van der Waals surface area contributed by atoms with Crippen LogP contribution in [-0.4, -0.2) is 15.0 Å². The van der Waals surface area contributed by atoms with E-state index in [1.807, 2.05) is 19.1 Å². The number of anilines is 2. The van der Waals surface area contributed by atoms with Gasteiger partial charge in [-0.3, -0.25) is 4.72 Å². The van der Waals surface area contributed by atoms with Gasteiger partial charge in [-0.1, -0.05) is 42.5 Å². The molecule has 5 nitrogen and oxygen atoms in total. The fourth-order valence-electron chi connectivity index (χ4n) is 4.81. The van der Waals surface area contributed by atoms with E-state index in [9.17, 15) is 12.8 Å². The Kier molecular flexibility index (Phi) is 5.58. The molecule has 33 heavy (non-hydrogen) atoms. The highest BCUT2D eigenvalue weighted by molar-refractivity contribution is 7.92. The summed E-state index contributed by atoms with van der Waals surface area (Å²) in [5, 5.41) is 3.46. The number of hydrogen-bond donors (Lipinski definition) is 2. The van der Waals surface area contributed by atoms with E-state index in [-0.39, 0.29) is 28.6 Å². The van der Waals surface area contributed by atoms with E-state index in [1.54, 1.807) is 48.5 Å². The van der Waals surface area contributed by atoms with Gasteiger partial charge in [-0.15, -0.1) is 0 Å². The molecule has 3 aromatic rings. The van der Waals surface area contributed by atoms with Crippen LogP contribution < -0.4 is 14.8 Å². The largest absolute Gasteiger partial charge is 0.492 e. The number of para-hydroxylation sites is 2. The van der Waals surface area contributed by atoms with E-state index in [2.05, 4.69) is 22.2 Å². The first-order chi connectivity index (χ1) is 16.0. The zero-order chi connectivity index (χ0) is 23.0. The van der Waals surface area contributed by atoms with E-state index in [1.165, 1.54) is 6.07 Å². The standard InChI is InChI=1S/C26H25FN2O3S/c1-2-32-25-13-6-5-12-24(25)29-33(30,31)17-14-15-23-21(16-17)18-9-7-10-19(18)26(28-23)20-8-3-4-11-22(20)27/h3-9,11-16,18-19,26,28-29H,2,10H2,1H3/t18-,19+,26-/m0/s1. The van der Waals surface area contributed by atoms with Crippen LogP contribution in [0.15, 0.2) is 83.8 Å². The van der Waals surface area contributed by atoms with Crippen molar-refractivity contribution in [2.75, 3.05) is 16.6 Å². The molecule has 7 heteroatoms. The normalized spacial score (nSPS) is 21.1. The van der Waals surface area contributed by atoms with Gasteiger partial charge in [0.05, 0.1) is 23.2 Å². The molecule has 0 spiro atoms. The van der Waals surface area contributed by atoms with Crippen molar-refractivity contribution < 1.29 is 17.5 Å². The van der Waals surface area contributed by atoms with E-state index >= 15 is 0 Å². The minimum Gasteiger partial charge on any atom is -0.492 e. The Bertz CT molecular complexity index is 1320. The zero-order valence-corrected chi connectivity index (χ0v) is 19.0. The van der Waals surface area contributed by atoms with Crippen molar-refractivity contribution in [1.29, 1.82) is 0 Å². The van der Waals surface area contributed by atoms with Crippen molar-refractivity contribution in [1.82, 2.24) is 0 Å². The third kappa shape index (κ3) is 3.97. The number of fused-ring (bicyclic) bond motifs is 3. The highest BCUT2D eigenvalue weighted by Gasteiger charge is 2.39. The molecule has 0 fully saturated rings. The quantitative estimate of drug-likeness (QED) is 0.449. The molecule has 0 aromatic heterocycles. The Morgan fingerprint density at radius 3 is 2.67 bits per heavy atom. The number of benzene rings is 3. The Labute approximate surface area is 193 Å². The molecule has 1 aliphatic carbocycles. The van der Waals surface area contributed by atoms with Crippen LogP contribution in [0.2, 0.25) is 0 Å². The topological polar surface area (TPSA) is 67.4 Å². The number of allylic oxidation sites excluding steroid dienone is 2. The minimum absolute atomic E-state index is 0.0108. The van der Waals surface area contributed by atoms with Crippen LogP contribution in [-0.2, 0) is 10.0 Å². The summed E-state index contributed by atoms with van der Waals surface area (Å²) < 4.78 is 49.2. The summed E-state index contributed by atoms with van der Waals surface area (Å²) >= 11 is 0. The summed E-state index contributed by atoms with van der Waals surface area (Å²) in [5.74, 6) is 0.367. The summed E-state index contributed by atoms with van der Waals surface area (Å²) in [4.78, 5) is 0.178. The monoisotopic (exact) mass is 464 g/mol. The van der Waals surface area contributed by atoms with Crippen LogP contribution in [0, 0.1) is 11.7 Å². The number of hydrogen-bond acceptors (Lipinski definition) is 4. The van der Waals surface area contributed by atoms with Gasteiger partial charge in [0.15, 0.2) is 0 Å². The summed E-state index contributed by atoms with van der Waals surface area (Å²) in [6, 6.07) is 18.7. The number of sulfonamides is 1. The molecule has 0 unspecified atom stereocenters. The van der Waals surface area contributed by atoms with Gasteiger partial charge < -0.3 is 10.1 Å². The summed E-state index contributed by atoms with van der Waals surface area (Å²) in [7, 11) is -3.83. The highest BCUT2D eigenvalue weighted by Crippen LogP contribution is 2.50. The average Bonchev–Trinajstić information content (AvgIpc) is 3.30. The molecule has 0 bridgehead atoms. The lowest BCUT2D eigenvalue weighted by Gasteiger charge is -2.37. The summed E-state index contributed by atoms with van der Waals surface area (Å²) in [6.45, 7) is 2.28. The molecule has 1 aliphatic heterocycles. The lowest BCUT2D eigenvalue weighted by Crippen LogP contribution is -2.30. The molecular formula is C26H25FN2O3S. The van der Waals surface area contributed by atoms with Crippen LogP contribution in [0.1, 0.15) is 36.4 Å². The van der Waals surface area contributed by atoms with Crippen LogP contribution in [0.3, 0.4) is 0 Å². The lowest BCUT2D eigenvalue weighted by atomic mass is 9.77. The van der Waals surface area contributed by atoms with Gasteiger partial charge in [-0.2, -0.15) is 0 Å². The fraction of sp³-hybridized carbons (Fsp3) is 0.231. The van der Waals surface area contributed by atoms with Crippen molar-refractivity contribution in [3.63, 3.8) is 0 Å². The van der Waals surface area contributed by atoms with Crippen LogP contribution in [0.4, 0.5) is 15.8 Å². The maximum Gasteiger partial charge on any atom is 0.262 e. The third-order valence-electron chi connectivity index (χ3n) is 6.32. The molecule has 0 saturated carbocycles. The second kappa shape index (κ2) is 8.56. The predicted molar refractivity (Wildman–Crippen MR) is 128 cm³/mol. The van der Waals surface area contributed by atoms with E-state index in [0.717, 1.165) is 17.7 Å². The van der Waals surface area contributed by atoms with Gasteiger partial charge >= 0.3 is 0 Å². The molecule has 2 aliphatic rings. The molecular weight excluding hydrogens is 439 g/mol. The second-order valence-corrected chi connectivity index (χ2v) is 9.96. The maximum absolute atomic E-state index is 14.6. The van der Waals surface area contributed by atoms with Gasteiger partial charge in [-0.05, 0) is 61.2 Å². The number of halogens is 1. The zero-order valence-electron chi connectivity index (χ0n) is 18.2. The van der Waals surface area contributed by atoms with Crippen LogP contribution in [0.25, 0.3) is 0 Å². The van der Waals surface area contributed by atoms with Gasteiger partial charge in [0.1, 0.15) is 11.6 Å². The van der Waals surface area contributed by atoms with Crippen molar-refractivity contribution >= 4 is 21.4 Å². The first kappa shape index (κ1) is 21.5. The molecule has 3 aromatic carbocycles. The molecule has 0 amide bonds. The number of nitrogens with one attached hydrogen (secondary N) is 2. The van der Waals surface area contributed by atoms with Crippen molar-refractivity contribution in [2.45, 2.75) is 30.2 Å². The van der Waals surface area contributed by atoms with E-state index < -0.39 is 10.0 Å². The Hall–Kier alpha value is -3.32. The molecule has 0 radical (unpaired) electrons. The number of ether oxygens (including phenoxy) is 1. The predicted octanol–water partition coefficient (Wildman–Crippen LogP) is 5.85. The molecule has 5 rings (SSSR count). The first-order valence-corrected chi connectivity index (χ1v) is 12.5. The highest BCUT2D eigenvalue weighted by atomic mass is 32.2. The molecule has 3 atom stereocenters. The minimum atomic E-state index is -3.83. The Balaban J connectivity index is 1.49. The molecule has 1 heterocycles. The number of rotatable bonds is 6. The van der Waals surface area contributed by atoms with Gasteiger partial charge in [0.25, 0.3) is 10.0 Å². The maximum atomic E-state index is 14.6. The fourth-order valence-corrected chi connectivity index (χ4v) is 5.92. The van der Waals surface area contributed by atoms with Crippen molar-refractivity contribution in [3.8, 4) is 5.75 Å². The van der Waals surface area contributed by atoms with E-state index in [0.29, 0.717) is 23.6 Å². The van der Waals surface area contributed by atoms with Crippen molar-refractivity contribution in [3.05, 3.63) is 95.8 Å². The smallest absolute Gasteiger partial charge is 0.262 e. The van der Waals surface area contributed by atoms with Crippen LogP contribution in [0.5, 0.6) is 5.75 Å². The molecule has 170 valence electrons. The molecule has 0 saturated heterocycles. The Morgan fingerprint density at radius 2 is 1.85 bits per heavy atom. The van der Waals surface area contributed by atoms with Gasteiger partial charge in [-0.25, -0.2) is 12.8 Å². The van der Waals surface area contributed by atoms with Crippen molar-refractivity contribution in [2.24, 2.45) is 5.92 Å². The average molecular weight is 465 g/mol.